The Kier molecular flexibility index (Phi) is 18.3. The highest BCUT2D eigenvalue weighted by Crippen LogP contribution is 2.38. The molecule has 0 saturated heterocycles. The summed E-state index contributed by atoms with van der Waals surface area (Å²) in [6.07, 6.45) is 18.5. The van der Waals surface area contributed by atoms with Gasteiger partial charge in [0.25, 0.3) is 7.82 Å². The van der Waals surface area contributed by atoms with E-state index in [9.17, 15) is 19.4 Å². The molecule has 0 aliphatic heterocycles. The summed E-state index contributed by atoms with van der Waals surface area (Å²) in [5.41, 5.74) is 0. The highest BCUT2D eigenvalue weighted by Gasteiger charge is 2.16. The van der Waals surface area contributed by atoms with E-state index >= 15 is 0 Å². The number of quaternary nitrogens is 1. The van der Waals surface area contributed by atoms with Gasteiger partial charge in [-0.2, -0.15) is 0 Å². The van der Waals surface area contributed by atoms with E-state index < -0.39 is 26.5 Å². The first-order chi connectivity index (χ1) is 15.6. The molecule has 0 aliphatic rings. The highest BCUT2D eigenvalue weighted by molar-refractivity contribution is 7.45. The third kappa shape index (κ3) is 23.7. The predicted molar refractivity (Wildman–Crippen MR) is 129 cm³/mol. The van der Waals surface area contributed by atoms with Gasteiger partial charge in [0.05, 0.1) is 27.7 Å². The first-order valence-electron chi connectivity index (χ1n) is 11.8. The molecule has 0 radical (unpaired) electrons. The number of unbranched alkanes of at least 4 members (excludes halogenated alkanes) is 5. The maximum absolute atomic E-state index is 11.7. The van der Waals surface area contributed by atoms with Crippen molar-refractivity contribution in [3.63, 3.8) is 0 Å². The Bertz CT molecular complexity index is 641. The van der Waals surface area contributed by atoms with Gasteiger partial charge < -0.3 is 28.3 Å². The maximum Gasteiger partial charge on any atom is 0.305 e. The molecule has 0 heterocycles. The van der Waals surface area contributed by atoms with Crippen molar-refractivity contribution in [2.45, 2.75) is 64.4 Å². The lowest BCUT2D eigenvalue weighted by atomic mass is 10.1. The van der Waals surface area contributed by atoms with Crippen LogP contribution in [0.15, 0.2) is 36.5 Å². The van der Waals surface area contributed by atoms with Gasteiger partial charge in [-0.15, -0.1) is 0 Å². The molecule has 0 fully saturated rings. The number of carbonyl (C=O) groups is 1. The molecule has 192 valence electrons. The molecule has 0 aliphatic carbocycles. The van der Waals surface area contributed by atoms with Crippen LogP contribution in [0.5, 0.6) is 0 Å². The number of esters is 1. The first kappa shape index (κ1) is 31.7. The summed E-state index contributed by atoms with van der Waals surface area (Å²) >= 11 is 0. The predicted octanol–water partition coefficient (Wildman–Crippen LogP) is 3.91. The number of aliphatic hydroxyl groups excluding tert-OH is 1. The van der Waals surface area contributed by atoms with Crippen molar-refractivity contribution in [2.75, 3.05) is 47.5 Å². The summed E-state index contributed by atoms with van der Waals surface area (Å²) in [5.74, 6) is -0.412. The number of nitrogens with zero attached hydrogens (tertiary/aromatic N) is 1. The van der Waals surface area contributed by atoms with Gasteiger partial charge in [-0.3, -0.25) is 9.36 Å². The number of phosphoric ester groups is 1. The largest absolute Gasteiger partial charge is 0.756 e. The van der Waals surface area contributed by atoms with Crippen LogP contribution in [0.3, 0.4) is 0 Å². The van der Waals surface area contributed by atoms with Crippen LogP contribution in [0, 0.1) is 0 Å². The van der Waals surface area contributed by atoms with Crippen LogP contribution in [-0.2, 0) is 23.1 Å². The Balaban J connectivity index is 3.71. The number of phosphoric acid groups is 1. The van der Waals surface area contributed by atoms with Crippen LogP contribution in [0.1, 0.15) is 58.3 Å². The van der Waals surface area contributed by atoms with Crippen molar-refractivity contribution in [1.29, 1.82) is 0 Å². The Hall–Kier alpha value is -1.28. The molecule has 33 heavy (non-hydrogen) atoms. The molecule has 0 aromatic carbocycles. The van der Waals surface area contributed by atoms with E-state index in [-0.39, 0.29) is 19.6 Å². The number of aliphatic hydroxyl groups is 1. The summed E-state index contributed by atoms with van der Waals surface area (Å²) in [6.45, 7) is 1.75. The number of hydrogen-bond donors (Lipinski definition) is 1. The lowest BCUT2D eigenvalue weighted by Gasteiger charge is -2.27. The summed E-state index contributed by atoms with van der Waals surface area (Å²) in [6, 6.07) is 0. The Morgan fingerprint density at radius 1 is 0.970 bits per heavy atom. The van der Waals surface area contributed by atoms with Gasteiger partial charge in [0.1, 0.15) is 25.9 Å². The second kappa shape index (κ2) is 19.1. The van der Waals surface area contributed by atoms with E-state index in [1.807, 2.05) is 39.4 Å². The smallest absolute Gasteiger partial charge is 0.305 e. The van der Waals surface area contributed by atoms with Crippen LogP contribution < -0.4 is 4.89 Å². The topological polar surface area (TPSA) is 105 Å². The van der Waals surface area contributed by atoms with Crippen molar-refractivity contribution >= 4 is 13.8 Å². The van der Waals surface area contributed by atoms with Gasteiger partial charge in [-0.25, -0.2) is 0 Å². The van der Waals surface area contributed by atoms with Crippen LogP contribution >= 0.6 is 7.82 Å². The van der Waals surface area contributed by atoms with E-state index in [1.165, 1.54) is 0 Å². The summed E-state index contributed by atoms with van der Waals surface area (Å²) in [5, 5.41) is 9.77. The number of ether oxygens (including phenoxy) is 1. The minimum absolute atomic E-state index is 0.0135. The molecule has 0 bridgehead atoms. The fourth-order valence-corrected chi connectivity index (χ4v) is 3.26. The molecule has 2 unspecified atom stereocenters. The SMILES string of the molecule is CC/C=C/C=C/C=C/CCCCCCCC(=O)OCC(O)COP(=O)([O-])OCC[N+](C)(C)C. The lowest BCUT2D eigenvalue weighted by Crippen LogP contribution is -2.37. The van der Waals surface area contributed by atoms with Gasteiger partial charge in [-0.1, -0.05) is 62.6 Å². The monoisotopic (exact) mass is 489 g/mol. The van der Waals surface area contributed by atoms with Crippen LogP contribution in [0.25, 0.3) is 0 Å². The van der Waals surface area contributed by atoms with E-state index in [0.717, 1.165) is 44.9 Å². The van der Waals surface area contributed by atoms with E-state index in [0.29, 0.717) is 11.0 Å². The van der Waals surface area contributed by atoms with Crippen molar-refractivity contribution in [1.82, 2.24) is 0 Å². The zero-order valence-corrected chi connectivity index (χ0v) is 21.7. The molecule has 2 atom stereocenters. The number of rotatable bonds is 20. The quantitative estimate of drug-likeness (QED) is 0.0909. The molecular formula is C24H44NO7P. The van der Waals surface area contributed by atoms with Crippen LogP contribution in [0.4, 0.5) is 0 Å². The third-order valence-corrected chi connectivity index (χ3v) is 5.43. The van der Waals surface area contributed by atoms with E-state index in [4.69, 9.17) is 9.26 Å². The highest BCUT2D eigenvalue weighted by atomic mass is 31.2. The second-order valence-corrected chi connectivity index (χ2v) is 10.3. The minimum Gasteiger partial charge on any atom is -0.756 e. The maximum atomic E-state index is 11.7. The minimum atomic E-state index is -4.49. The molecule has 0 aromatic heterocycles. The lowest BCUT2D eigenvalue weighted by molar-refractivity contribution is -0.870. The molecule has 1 N–H and O–H groups in total. The zero-order valence-electron chi connectivity index (χ0n) is 20.8. The summed E-state index contributed by atoms with van der Waals surface area (Å²) in [7, 11) is 1.23. The Morgan fingerprint density at radius 3 is 2.27 bits per heavy atom. The average Bonchev–Trinajstić information content (AvgIpc) is 2.73. The molecule has 0 rings (SSSR count). The van der Waals surface area contributed by atoms with Crippen molar-refractivity contribution in [3.8, 4) is 0 Å². The number of hydrogen-bond acceptors (Lipinski definition) is 7. The van der Waals surface area contributed by atoms with Gasteiger partial charge in [0.15, 0.2) is 0 Å². The summed E-state index contributed by atoms with van der Waals surface area (Å²) in [4.78, 5) is 23.4. The van der Waals surface area contributed by atoms with Crippen molar-refractivity contribution < 1.29 is 37.6 Å². The normalized spacial score (nSPS) is 15.5. The fraction of sp³-hybridized carbons (Fsp3) is 0.708. The second-order valence-electron chi connectivity index (χ2n) is 8.88. The summed E-state index contributed by atoms with van der Waals surface area (Å²) < 4.78 is 26.6. The fourth-order valence-electron chi connectivity index (χ4n) is 2.53. The van der Waals surface area contributed by atoms with Gasteiger partial charge in [0.2, 0.25) is 0 Å². The van der Waals surface area contributed by atoms with E-state index in [2.05, 4.69) is 29.7 Å². The zero-order chi connectivity index (χ0) is 25.0. The number of likely N-dealkylation sites (N-methyl/N-ethyl adjacent to an activating group) is 1. The van der Waals surface area contributed by atoms with Gasteiger partial charge >= 0.3 is 5.97 Å². The molecular weight excluding hydrogens is 445 g/mol. The molecule has 0 amide bonds. The Morgan fingerprint density at radius 2 is 1.61 bits per heavy atom. The number of allylic oxidation sites excluding steroid dienone is 6. The van der Waals surface area contributed by atoms with Crippen molar-refractivity contribution in [3.05, 3.63) is 36.5 Å². The molecule has 0 saturated carbocycles. The third-order valence-electron chi connectivity index (χ3n) is 4.47. The molecule has 0 spiro atoms. The number of carbonyl (C=O) groups excluding carboxylic acids is 1. The average molecular weight is 490 g/mol. The molecule has 8 nitrogen and oxygen atoms in total. The molecule has 0 aromatic rings. The molecule has 9 heteroatoms. The van der Waals surface area contributed by atoms with Crippen molar-refractivity contribution in [2.24, 2.45) is 0 Å². The van der Waals surface area contributed by atoms with Gasteiger partial charge in [0, 0.05) is 6.42 Å². The first-order valence-corrected chi connectivity index (χ1v) is 13.2. The van der Waals surface area contributed by atoms with E-state index in [1.54, 1.807) is 0 Å². The standard InChI is InChI=1S/C24H44NO7P/c1-5-6-7-8-9-10-11-12-13-14-15-16-17-18-24(27)30-21-23(26)22-32-33(28,29)31-20-19-25(2,3)4/h6-11,23,26H,5,12-22H2,1-4H3/b7-6+,9-8+,11-10+. The Labute approximate surface area is 200 Å². The van der Waals surface area contributed by atoms with Crippen LogP contribution in [0.2, 0.25) is 0 Å². The van der Waals surface area contributed by atoms with Gasteiger partial charge in [-0.05, 0) is 25.7 Å². The van der Waals surface area contributed by atoms with Crippen LogP contribution in [-0.4, -0.2) is 69.2 Å².